The Morgan fingerprint density at radius 2 is 1.88 bits per heavy atom. The highest BCUT2D eigenvalue weighted by Crippen LogP contribution is 2.37. The lowest BCUT2D eigenvalue weighted by Crippen LogP contribution is -2.32. The van der Waals surface area contributed by atoms with Gasteiger partial charge in [0.15, 0.2) is 22.4 Å². The Kier molecular flexibility index (Phi) is 6.76. The highest BCUT2D eigenvalue weighted by molar-refractivity contribution is 8.27. The number of halogens is 1. The van der Waals surface area contributed by atoms with Crippen molar-refractivity contribution in [3.63, 3.8) is 0 Å². The second-order valence-electron chi connectivity index (χ2n) is 7.28. The van der Waals surface area contributed by atoms with Gasteiger partial charge in [-0.1, -0.05) is 30.0 Å². The van der Waals surface area contributed by atoms with Crippen LogP contribution in [0, 0.1) is 5.82 Å². The molecule has 0 bridgehead atoms. The maximum atomic E-state index is 13.2. The molecule has 0 radical (unpaired) electrons. The molecule has 166 valence electrons. The number of rotatable bonds is 6. The molecule has 0 spiro atoms. The molecule has 2 fully saturated rings. The van der Waals surface area contributed by atoms with Crippen LogP contribution in [0.25, 0.3) is 6.08 Å². The Morgan fingerprint density at radius 3 is 2.56 bits per heavy atom. The highest BCUT2D eigenvalue weighted by Gasteiger charge is 2.33. The van der Waals surface area contributed by atoms with Crippen molar-refractivity contribution < 1.29 is 23.5 Å². The van der Waals surface area contributed by atoms with E-state index in [1.807, 2.05) is 0 Å². The summed E-state index contributed by atoms with van der Waals surface area (Å²) >= 11 is 6.53. The van der Waals surface area contributed by atoms with Gasteiger partial charge in [-0.2, -0.15) is 0 Å². The summed E-state index contributed by atoms with van der Waals surface area (Å²) in [5, 5.41) is 0. The highest BCUT2D eigenvalue weighted by atomic mass is 32.2. The number of benzene rings is 2. The van der Waals surface area contributed by atoms with Gasteiger partial charge in [-0.25, -0.2) is 4.39 Å². The number of thioether (sulfide) groups is 1. The third-order valence-electron chi connectivity index (χ3n) is 5.17. The maximum Gasteiger partial charge on any atom is 0.270 e. The van der Waals surface area contributed by atoms with E-state index in [4.69, 9.17) is 21.7 Å². The van der Waals surface area contributed by atoms with Gasteiger partial charge in [0.05, 0.1) is 17.7 Å². The molecule has 0 aromatic heterocycles. The van der Waals surface area contributed by atoms with E-state index in [-0.39, 0.29) is 24.2 Å². The van der Waals surface area contributed by atoms with Gasteiger partial charge in [-0.3, -0.25) is 14.5 Å². The molecule has 2 aromatic rings. The van der Waals surface area contributed by atoms with E-state index < -0.39 is 0 Å². The molecule has 2 saturated heterocycles. The lowest BCUT2D eigenvalue weighted by atomic mass is 10.2. The summed E-state index contributed by atoms with van der Waals surface area (Å²) in [6, 6.07) is 10.8. The van der Waals surface area contributed by atoms with Crippen LogP contribution in [0.5, 0.6) is 11.5 Å². The fourth-order valence-electron chi connectivity index (χ4n) is 3.52. The molecule has 0 N–H and O–H groups in total. The van der Waals surface area contributed by atoms with E-state index in [1.165, 1.54) is 48.0 Å². The molecular weight excluding hydrogens is 451 g/mol. The van der Waals surface area contributed by atoms with Crippen molar-refractivity contribution in [1.82, 2.24) is 4.90 Å². The van der Waals surface area contributed by atoms with Gasteiger partial charge in [-0.05, 0) is 60.9 Å². The SMILES string of the molecule is COc1cc(/C=C2\SC(=S)N(c3ccc(F)cc3)C2=O)ccc1OCC(=O)N1CCCC1. The summed E-state index contributed by atoms with van der Waals surface area (Å²) in [6.45, 7) is 1.49. The third-order valence-corrected chi connectivity index (χ3v) is 6.48. The predicted molar refractivity (Wildman–Crippen MR) is 126 cm³/mol. The topological polar surface area (TPSA) is 59.1 Å². The molecule has 9 heteroatoms. The molecule has 2 aromatic carbocycles. The van der Waals surface area contributed by atoms with E-state index in [0.29, 0.717) is 26.4 Å². The molecule has 2 heterocycles. The Labute approximate surface area is 195 Å². The van der Waals surface area contributed by atoms with Crippen molar-refractivity contribution in [1.29, 1.82) is 0 Å². The summed E-state index contributed by atoms with van der Waals surface area (Å²) < 4.78 is 24.7. The number of hydrogen-bond acceptors (Lipinski definition) is 6. The number of carbonyl (C=O) groups is 2. The van der Waals surface area contributed by atoms with Gasteiger partial charge in [0, 0.05) is 13.1 Å². The van der Waals surface area contributed by atoms with E-state index in [1.54, 1.807) is 29.2 Å². The zero-order chi connectivity index (χ0) is 22.7. The van der Waals surface area contributed by atoms with Crippen LogP contribution in [-0.2, 0) is 9.59 Å². The molecule has 2 amide bonds. The Balaban J connectivity index is 1.48. The number of likely N-dealkylation sites (tertiary alicyclic amines) is 1. The molecule has 0 atom stereocenters. The van der Waals surface area contributed by atoms with E-state index >= 15 is 0 Å². The number of hydrogen-bond donors (Lipinski definition) is 0. The van der Waals surface area contributed by atoms with Gasteiger partial charge in [0.25, 0.3) is 11.8 Å². The zero-order valence-electron chi connectivity index (χ0n) is 17.4. The Hall–Kier alpha value is -2.91. The molecular formula is C23H21FN2O4S2. The molecule has 4 rings (SSSR count). The fraction of sp³-hybridized carbons (Fsp3) is 0.261. The number of amides is 2. The van der Waals surface area contributed by atoms with Gasteiger partial charge in [0.2, 0.25) is 0 Å². The van der Waals surface area contributed by atoms with Gasteiger partial charge < -0.3 is 14.4 Å². The maximum absolute atomic E-state index is 13.2. The minimum Gasteiger partial charge on any atom is -0.493 e. The number of carbonyl (C=O) groups excluding carboxylic acids is 2. The second kappa shape index (κ2) is 9.70. The van der Waals surface area contributed by atoms with Crippen molar-refractivity contribution >= 4 is 51.9 Å². The van der Waals surface area contributed by atoms with Gasteiger partial charge in [0.1, 0.15) is 5.82 Å². The van der Waals surface area contributed by atoms with Crippen LogP contribution < -0.4 is 14.4 Å². The minimum absolute atomic E-state index is 0.0434. The van der Waals surface area contributed by atoms with Crippen LogP contribution in [0.2, 0.25) is 0 Å². The Morgan fingerprint density at radius 1 is 1.16 bits per heavy atom. The van der Waals surface area contributed by atoms with E-state index in [9.17, 15) is 14.0 Å². The number of anilines is 1. The summed E-state index contributed by atoms with van der Waals surface area (Å²) in [5.41, 5.74) is 1.24. The first-order chi connectivity index (χ1) is 15.5. The van der Waals surface area contributed by atoms with Crippen molar-refractivity contribution in [3.8, 4) is 11.5 Å². The monoisotopic (exact) mass is 472 g/mol. The lowest BCUT2D eigenvalue weighted by molar-refractivity contribution is -0.132. The molecule has 0 saturated carbocycles. The third kappa shape index (κ3) is 4.78. The molecule has 6 nitrogen and oxygen atoms in total. The van der Waals surface area contributed by atoms with Gasteiger partial charge in [-0.15, -0.1) is 0 Å². The van der Waals surface area contributed by atoms with Crippen LogP contribution >= 0.6 is 24.0 Å². The number of thiocarbonyl (C=S) groups is 1. The van der Waals surface area contributed by atoms with Gasteiger partial charge >= 0.3 is 0 Å². The summed E-state index contributed by atoms with van der Waals surface area (Å²) in [4.78, 5) is 28.7. The van der Waals surface area contributed by atoms with Crippen LogP contribution in [0.4, 0.5) is 10.1 Å². The van der Waals surface area contributed by atoms with Crippen molar-refractivity contribution in [2.24, 2.45) is 0 Å². The number of methoxy groups -OCH3 is 1. The standard InChI is InChI=1S/C23H21FN2O4S2/c1-29-19-12-15(4-9-18(19)30-14-21(27)25-10-2-3-11-25)13-20-22(28)26(23(31)32-20)17-7-5-16(24)6-8-17/h4-9,12-13H,2-3,10-11,14H2,1H3/b20-13-. The van der Waals surface area contributed by atoms with Crippen molar-refractivity contribution in [2.75, 3.05) is 31.7 Å². The summed E-state index contributed by atoms with van der Waals surface area (Å²) in [7, 11) is 1.52. The van der Waals surface area contributed by atoms with Crippen LogP contribution in [-0.4, -0.2) is 47.8 Å². The summed E-state index contributed by atoms with van der Waals surface area (Å²) in [6.07, 6.45) is 3.76. The normalized spacial score (nSPS) is 17.4. The van der Waals surface area contributed by atoms with Crippen LogP contribution in [0.15, 0.2) is 47.4 Å². The van der Waals surface area contributed by atoms with Crippen LogP contribution in [0.1, 0.15) is 18.4 Å². The minimum atomic E-state index is -0.383. The molecule has 2 aliphatic rings. The average molecular weight is 473 g/mol. The van der Waals surface area contributed by atoms with E-state index in [2.05, 4.69) is 0 Å². The molecule has 2 aliphatic heterocycles. The molecule has 32 heavy (non-hydrogen) atoms. The second-order valence-corrected chi connectivity index (χ2v) is 8.96. The number of ether oxygens (including phenoxy) is 2. The first-order valence-corrected chi connectivity index (χ1v) is 11.3. The summed E-state index contributed by atoms with van der Waals surface area (Å²) in [5.74, 6) is 0.213. The number of nitrogens with zero attached hydrogens (tertiary/aromatic N) is 2. The predicted octanol–water partition coefficient (Wildman–Crippen LogP) is 4.24. The molecule has 0 aliphatic carbocycles. The van der Waals surface area contributed by atoms with Crippen molar-refractivity contribution in [3.05, 3.63) is 58.8 Å². The zero-order valence-corrected chi connectivity index (χ0v) is 19.0. The first-order valence-electron chi connectivity index (χ1n) is 10.1. The fourth-order valence-corrected chi connectivity index (χ4v) is 4.82. The van der Waals surface area contributed by atoms with Crippen LogP contribution in [0.3, 0.4) is 0 Å². The average Bonchev–Trinajstić information content (AvgIpc) is 3.42. The lowest BCUT2D eigenvalue weighted by Gasteiger charge is -2.16. The first kappa shape index (κ1) is 22.3. The Bertz CT molecular complexity index is 1080. The molecule has 0 unspecified atom stereocenters. The van der Waals surface area contributed by atoms with E-state index in [0.717, 1.165) is 31.5 Å². The van der Waals surface area contributed by atoms with Crippen molar-refractivity contribution in [2.45, 2.75) is 12.8 Å². The quantitative estimate of drug-likeness (QED) is 0.463. The smallest absolute Gasteiger partial charge is 0.270 e. The largest absolute Gasteiger partial charge is 0.493 e.